The van der Waals surface area contributed by atoms with Crippen LogP contribution in [-0.2, 0) is 9.53 Å². The van der Waals surface area contributed by atoms with Gasteiger partial charge in [0.1, 0.15) is 0 Å². The molecule has 3 atom stereocenters. The Morgan fingerprint density at radius 2 is 1.88 bits per heavy atom. The van der Waals surface area contributed by atoms with Crippen molar-refractivity contribution < 1.29 is 9.53 Å². The molecule has 0 N–H and O–H groups in total. The SMILES string of the molecule is CC(=O)N1C[C@H]2CN(C3CCOCC3)C[C@H]2[C@H]1c1ccccc1C. The smallest absolute Gasteiger partial charge is 0.219 e. The number of carbonyl (C=O) groups excluding carboxylic acids is 1. The summed E-state index contributed by atoms with van der Waals surface area (Å²) in [6, 6.07) is 9.51. The molecule has 0 aliphatic carbocycles. The molecule has 3 aliphatic rings. The van der Waals surface area contributed by atoms with E-state index in [9.17, 15) is 4.79 Å². The molecule has 0 unspecified atom stereocenters. The number of nitrogens with zero attached hydrogens (tertiary/aromatic N) is 2. The lowest BCUT2D eigenvalue weighted by atomic mass is 9.87. The van der Waals surface area contributed by atoms with E-state index in [-0.39, 0.29) is 11.9 Å². The Balaban J connectivity index is 1.59. The highest BCUT2D eigenvalue weighted by molar-refractivity contribution is 5.74. The zero-order chi connectivity index (χ0) is 16.7. The molecule has 0 bridgehead atoms. The minimum Gasteiger partial charge on any atom is -0.381 e. The van der Waals surface area contributed by atoms with Crippen molar-refractivity contribution in [2.24, 2.45) is 11.8 Å². The molecule has 0 radical (unpaired) electrons. The summed E-state index contributed by atoms with van der Waals surface area (Å²) in [7, 11) is 0. The van der Waals surface area contributed by atoms with Crippen LogP contribution in [0.15, 0.2) is 24.3 Å². The van der Waals surface area contributed by atoms with Crippen molar-refractivity contribution in [3.8, 4) is 0 Å². The van der Waals surface area contributed by atoms with Crippen LogP contribution in [0.5, 0.6) is 0 Å². The van der Waals surface area contributed by atoms with E-state index in [4.69, 9.17) is 4.74 Å². The first kappa shape index (κ1) is 16.1. The second kappa shape index (κ2) is 6.49. The number of hydrogen-bond donors (Lipinski definition) is 0. The molecule has 0 saturated carbocycles. The predicted octanol–water partition coefficient (Wildman–Crippen LogP) is 2.63. The lowest BCUT2D eigenvalue weighted by Crippen LogP contribution is -2.41. The fourth-order valence-electron chi connectivity index (χ4n) is 5.07. The molecule has 4 nitrogen and oxygen atoms in total. The average molecular weight is 328 g/mol. The molecular formula is C20H28N2O2. The van der Waals surface area contributed by atoms with Crippen LogP contribution < -0.4 is 0 Å². The number of ether oxygens (including phenoxy) is 1. The predicted molar refractivity (Wildman–Crippen MR) is 93.7 cm³/mol. The third-order valence-corrected chi connectivity index (χ3v) is 6.31. The van der Waals surface area contributed by atoms with Crippen LogP contribution in [0.2, 0.25) is 0 Å². The number of fused-ring (bicyclic) bond motifs is 1. The third kappa shape index (κ3) is 2.76. The summed E-state index contributed by atoms with van der Waals surface area (Å²) < 4.78 is 5.53. The van der Waals surface area contributed by atoms with Gasteiger partial charge in [0, 0.05) is 51.7 Å². The van der Waals surface area contributed by atoms with Gasteiger partial charge in [-0.25, -0.2) is 0 Å². The molecule has 3 aliphatic heterocycles. The summed E-state index contributed by atoms with van der Waals surface area (Å²) in [5, 5.41) is 0. The standard InChI is InChI=1S/C20H28N2O2/c1-14-5-3-4-6-18(14)20-19-13-21(17-7-9-24-10-8-17)11-16(19)12-22(20)15(2)23/h3-6,16-17,19-20H,7-13H2,1-2H3/t16-,19-,20-/m1/s1. The van der Waals surface area contributed by atoms with Gasteiger partial charge in [-0.05, 0) is 36.8 Å². The first-order valence-corrected chi connectivity index (χ1v) is 9.29. The van der Waals surface area contributed by atoms with Crippen molar-refractivity contribution in [3.63, 3.8) is 0 Å². The summed E-state index contributed by atoms with van der Waals surface area (Å²) in [6.45, 7) is 8.88. The van der Waals surface area contributed by atoms with Crippen molar-refractivity contribution >= 4 is 5.91 Å². The Morgan fingerprint density at radius 1 is 1.12 bits per heavy atom. The Bertz CT molecular complexity index is 611. The van der Waals surface area contributed by atoms with Crippen LogP contribution in [0, 0.1) is 18.8 Å². The molecule has 4 heteroatoms. The molecule has 1 aromatic rings. The number of likely N-dealkylation sites (tertiary alicyclic amines) is 2. The molecule has 130 valence electrons. The second-order valence-corrected chi connectivity index (χ2v) is 7.69. The maximum absolute atomic E-state index is 12.3. The van der Waals surface area contributed by atoms with Crippen molar-refractivity contribution in [3.05, 3.63) is 35.4 Å². The molecule has 24 heavy (non-hydrogen) atoms. The van der Waals surface area contributed by atoms with Crippen molar-refractivity contribution in [2.75, 3.05) is 32.8 Å². The van der Waals surface area contributed by atoms with Crippen molar-refractivity contribution in [1.29, 1.82) is 0 Å². The monoisotopic (exact) mass is 328 g/mol. The Kier molecular flexibility index (Phi) is 4.35. The minimum atomic E-state index is 0.218. The average Bonchev–Trinajstić information content (AvgIpc) is 3.14. The summed E-state index contributed by atoms with van der Waals surface area (Å²) in [5.74, 6) is 1.40. The van der Waals surface area contributed by atoms with Gasteiger partial charge in [0.25, 0.3) is 0 Å². The van der Waals surface area contributed by atoms with E-state index < -0.39 is 0 Å². The van der Waals surface area contributed by atoms with Gasteiger partial charge in [-0.15, -0.1) is 0 Å². The van der Waals surface area contributed by atoms with Gasteiger partial charge in [0.2, 0.25) is 5.91 Å². The van der Waals surface area contributed by atoms with Crippen LogP contribution in [0.4, 0.5) is 0 Å². The van der Waals surface area contributed by atoms with Crippen LogP contribution in [-0.4, -0.2) is 54.6 Å². The fourth-order valence-corrected chi connectivity index (χ4v) is 5.07. The number of rotatable bonds is 2. The number of benzene rings is 1. The van der Waals surface area contributed by atoms with E-state index in [1.165, 1.54) is 11.1 Å². The maximum atomic E-state index is 12.3. The summed E-state index contributed by atoms with van der Waals surface area (Å²) in [6.07, 6.45) is 2.32. The molecule has 3 saturated heterocycles. The van der Waals surface area contributed by atoms with Gasteiger partial charge in [0.05, 0.1) is 6.04 Å². The summed E-state index contributed by atoms with van der Waals surface area (Å²) in [4.78, 5) is 17.1. The Morgan fingerprint density at radius 3 is 2.58 bits per heavy atom. The van der Waals surface area contributed by atoms with Crippen LogP contribution in [0.1, 0.15) is 36.9 Å². The maximum Gasteiger partial charge on any atom is 0.219 e. The van der Waals surface area contributed by atoms with E-state index in [1.54, 1.807) is 6.92 Å². The molecular weight excluding hydrogens is 300 g/mol. The molecule has 3 fully saturated rings. The highest BCUT2D eigenvalue weighted by Gasteiger charge is 2.49. The lowest BCUT2D eigenvalue weighted by Gasteiger charge is -2.34. The normalized spacial score (nSPS) is 31.4. The summed E-state index contributed by atoms with van der Waals surface area (Å²) >= 11 is 0. The third-order valence-electron chi connectivity index (χ3n) is 6.31. The molecule has 0 spiro atoms. The molecule has 4 rings (SSSR count). The van der Waals surface area contributed by atoms with E-state index in [2.05, 4.69) is 41.0 Å². The van der Waals surface area contributed by atoms with Gasteiger partial charge in [-0.1, -0.05) is 24.3 Å². The van der Waals surface area contributed by atoms with Gasteiger partial charge in [-0.3, -0.25) is 9.69 Å². The van der Waals surface area contributed by atoms with Gasteiger partial charge in [-0.2, -0.15) is 0 Å². The molecule has 1 amide bonds. The number of amides is 1. The highest BCUT2D eigenvalue weighted by Crippen LogP contribution is 2.46. The summed E-state index contributed by atoms with van der Waals surface area (Å²) in [5.41, 5.74) is 2.65. The Labute approximate surface area is 144 Å². The largest absolute Gasteiger partial charge is 0.381 e. The molecule has 1 aromatic carbocycles. The van der Waals surface area contributed by atoms with Crippen molar-refractivity contribution in [2.45, 2.75) is 38.8 Å². The number of hydrogen-bond acceptors (Lipinski definition) is 3. The van der Waals surface area contributed by atoms with E-state index in [1.807, 2.05) is 0 Å². The van der Waals surface area contributed by atoms with E-state index in [0.717, 1.165) is 45.7 Å². The minimum absolute atomic E-state index is 0.218. The Hall–Kier alpha value is -1.39. The van der Waals surface area contributed by atoms with Crippen LogP contribution in [0.3, 0.4) is 0 Å². The first-order chi connectivity index (χ1) is 11.6. The van der Waals surface area contributed by atoms with E-state index in [0.29, 0.717) is 17.9 Å². The first-order valence-electron chi connectivity index (χ1n) is 9.29. The zero-order valence-corrected chi connectivity index (χ0v) is 14.8. The molecule has 3 heterocycles. The van der Waals surface area contributed by atoms with Crippen LogP contribution >= 0.6 is 0 Å². The van der Waals surface area contributed by atoms with Crippen molar-refractivity contribution in [1.82, 2.24) is 9.80 Å². The fraction of sp³-hybridized carbons (Fsp3) is 0.650. The van der Waals surface area contributed by atoms with Gasteiger partial charge >= 0.3 is 0 Å². The zero-order valence-electron chi connectivity index (χ0n) is 14.8. The molecule has 0 aromatic heterocycles. The number of carbonyl (C=O) groups is 1. The topological polar surface area (TPSA) is 32.8 Å². The lowest BCUT2D eigenvalue weighted by molar-refractivity contribution is -0.130. The van der Waals surface area contributed by atoms with Gasteiger partial charge in [0.15, 0.2) is 0 Å². The quantitative estimate of drug-likeness (QED) is 0.837. The number of aryl methyl sites for hydroxylation is 1. The van der Waals surface area contributed by atoms with E-state index >= 15 is 0 Å². The highest BCUT2D eigenvalue weighted by atomic mass is 16.5. The van der Waals surface area contributed by atoms with Crippen LogP contribution in [0.25, 0.3) is 0 Å². The van der Waals surface area contributed by atoms with Gasteiger partial charge < -0.3 is 9.64 Å². The second-order valence-electron chi connectivity index (χ2n) is 7.69.